The van der Waals surface area contributed by atoms with E-state index in [0.717, 1.165) is 20.9 Å². The van der Waals surface area contributed by atoms with Gasteiger partial charge in [-0.2, -0.15) is 5.26 Å². The van der Waals surface area contributed by atoms with E-state index in [1.54, 1.807) is 11.8 Å². The van der Waals surface area contributed by atoms with E-state index in [1.165, 1.54) is 0 Å². The molecule has 2 nitrogen and oxygen atoms in total. The molecule has 0 bridgehead atoms. The van der Waals surface area contributed by atoms with Gasteiger partial charge in [0.25, 0.3) is 0 Å². The zero-order chi connectivity index (χ0) is 13.0. The maximum Gasteiger partial charge on any atom is 0.100 e. The molecule has 2 rings (SSSR count). The van der Waals surface area contributed by atoms with Crippen LogP contribution in [-0.2, 0) is 6.61 Å². The van der Waals surface area contributed by atoms with Gasteiger partial charge >= 0.3 is 0 Å². The zero-order valence-corrected chi connectivity index (χ0v) is 10.9. The first-order chi connectivity index (χ1) is 8.74. The lowest BCUT2D eigenvalue weighted by Gasteiger charge is -2.07. The molecule has 0 saturated heterocycles. The van der Waals surface area contributed by atoms with Crippen molar-refractivity contribution in [2.75, 3.05) is 0 Å². The molecule has 0 aliphatic heterocycles. The van der Waals surface area contributed by atoms with E-state index in [0.29, 0.717) is 5.56 Å². The van der Waals surface area contributed by atoms with Gasteiger partial charge in [-0.3, -0.25) is 0 Å². The number of rotatable bonds is 3. The number of aliphatic hydroxyl groups is 1. The maximum absolute atomic E-state index is 9.11. The summed E-state index contributed by atoms with van der Waals surface area (Å²) in [6.07, 6.45) is 0. The van der Waals surface area contributed by atoms with Gasteiger partial charge in [0.2, 0.25) is 0 Å². The first-order valence-electron chi connectivity index (χ1n) is 5.62. The predicted octanol–water partition coefficient (Wildman–Crippen LogP) is 3.51. The summed E-state index contributed by atoms with van der Waals surface area (Å²) in [5.74, 6) is 0. The van der Waals surface area contributed by atoms with Crippen molar-refractivity contribution >= 4 is 11.8 Å². The van der Waals surface area contributed by atoms with E-state index in [-0.39, 0.29) is 6.61 Å². The van der Waals surface area contributed by atoms with Gasteiger partial charge in [-0.25, -0.2) is 0 Å². The smallest absolute Gasteiger partial charge is 0.100 e. The SMILES string of the molecule is Cc1cccc(C#N)c1Sc1ccc(CO)cc1. The molecule has 90 valence electrons. The highest BCUT2D eigenvalue weighted by Crippen LogP contribution is 2.32. The molecule has 0 aromatic heterocycles. The van der Waals surface area contributed by atoms with Crippen LogP contribution < -0.4 is 0 Å². The molecular weight excluding hydrogens is 242 g/mol. The third kappa shape index (κ3) is 2.73. The zero-order valence-electron chi connectivity index (χ0n) is 10.1. The molecule has 0 aliphatic carbocycles. The summed E-state index contributed by atoms with van der Waals surface area (Å²) in [4.78, 5) is 2.06. The minimum atomic E-state index is 0.0543. The van der Waals surface area contributed by atoms with Gasteiger partial charge in [0.05, 0.1) is 12.2 Å². The van der Waals surface area contributed by atoms with Crippen LogP contribution in [0.5, 0.6) is 0 Å². The highest BCUT2D eigenvalue weighted by atomic mass is 32.2. The molecule has 0 aliphatic rings. The number of hydrogen-bond donors (Lipinski definition) is 1. The summed E-state index contributed by atoms with van der Waals surface area (Å²) in [5, 5.41) is 18.1. The summed E-state index contributed by atoms with van der Waals surface area (Å²) in [5.41, 5.74) is 2.70. The van der Waals surface area contributed by atoms with Crippen molar-refractivity contribution in [1.82, 2.24) is 0 Å². The van der Waals surface area contributed by atoms with Crippen LogP contribution in [-0.4, -0.2) is 5.11 Å². The molecule has 0 spiro atoms. The summed E-state index contributed by atoms with van der Waals surface area (Å²) in [7, 11) is 0. The molecule has 0 amide bonds. The molecule has 0 atom stereocenters. The first kappa shape index (κ1) is 12.7. The Labute approximate surface area is 111 Å². The molecular formula is C15H13NOS. The number of nitrogens with zero attached hydrogens (tertiary/aromatic N) is 1. The van der Waals surface area contributed by atoms with Crippen LogP contribution in [0.1, 0.15) is 16.7 Å². The van der Waals surface area contributed by atoms with Gasteiger partial charge in [-0.15, -0.1) is 0 Å². The molecule has 0 saturated carbocycles. The molecule has 3 heteroatoms. The fraction of sp³-hybridized carbons (Fsp3) is 0.133. The van der Waals surface area contributed by atoms with Crippen LogP contribution in [0.4, 0.5) is 0 Å². The Morgan fingerprint density at radius 2 is 1.89 bits per heavy atom. The Hall–Kier alpha value is -1.76. The third-order valence-corrected chi connectivity index (χ3v) is 3.91. The van der Waals surface area contributed by atoms with Gasteiger partial charge < -0.3 is 5.11 Å². The van der Waals surface area contributed by atoms with Gasteiger partial charge in [0, 0.05) is 9.79 Å². The molecule has 2 aromatic rings. The monoisotopic (exact) mass is 255 g/mol. The largest absolute Gasteiger partial charge is 0.392 e. The van der Waals surface area contributed by atoms with E-state index in [2.05, 4.69) is 6.07 Å². The van der Waals surface area contributed by atoms with E-state index in [1.807, 2.05) is 49.4 Å². The predicted molar refractivity (Wildman–Crippen MR) is 72.4 cm³/mol. The van der Waals surface area contributed by atoms with Gasteiger partial charge in [0.15, 0.2) is 0 Å². The average Bonchev–Trinajstić information content (AvgIpc) is 2.42. The number of nitriles is 1. The summed E-state index contributed by atoms with van der Waals surface area (Å²) < 4.78 is 0. The van der Waals surface area contributed by atoms with Crippen molar-refractivity contribution < 1.29 is 5.11 Å². The fourth-order valence-electron chi connectivity index (χ4n) is 1.66. The van der Waals surface area contributed by atoms with Crippen molar-refractivity contribution in [2.45, 2.75) is 23.3 Å². The van der Waals surface area contributed by atoms with Crippen molar-refractivity contribution in [1.29, 1.82) is 5.26 Å². The molecule has 2 aromatic carbocycles. The van der Waals surface area contributed by atoms with Crippen LogP contribution in [0.3, 0.4) is 0 Å². The summed E-state index contributed by atoms with van der Waals surface area (Å²) in [6.45, 7) is 2.06. The van der Waals surface area contributed by atoms with E-state index in [4.69, 9.17) is 10.4 Å². The van der Waals surface area contributed by atoms with Crippen molar-refractivity contribution in [3.05, 3.63) is 59.2 Å². The van der Waals surface area contributed by atoms with Crippen LogP contribution in [0.25, 0.3) is 0 Å². The van der Waals surface area contributed by atoms with E-state index in [9.17, 15) is 0 Å². The first-order valence-corrected chi connectivity index (χ1v) is 6.43. The average molecular weight is 255 g/mol. The lowest BCUT2D eigenvalue weighted by atomic mass is 10.1. The Morgan fingerprint density at radius 1 is 1.17 bits per heavy atom. The molecule has 18 heavy (non-hydrogen) atoms. The minimum Gasteiger partial charge on any atom is -0.392 e. The van der Waals surface area contributed by atoms with Crippen molar-refractivity contribution in [3.63, 3.8) is 0 Å². The second-order valence-electron chi connectivity index (χ2n) is 3.97. The number of benzene rings is 2. The topological polar surface area (TPSA) is 44.0 Å². The Balaban J connectivity index is 2.31. The van der Waals surface area contributed by atoms with E-state index < -0.39 is 0 Å². The highest BCUT2D eigenvalue weighted by molar-refractivity contribution is 7.99. The minimum absolute atomic E-state index is 0.0543. The number of hydrogen-bond acceptors (Lipinski definition) is 3. The van der Waals surface area contributed by atoms with Gasteiger partial charge in [-0.1, -0.05) is 36.0 Å². The van der Waals surface area contributed by atoms with Crippen LogP contribution in [0.2, 0.25) is 0 Å². The highest BCUT2D eigenvalue weighted by Gasteiger charge is 2.07. The van der Waals surface area contributed by atoms with Crippen LogP contribution >= 0.6 is 11.8 Å². The second kappa shape index (κ2) is 5.72. The summed E-state index contributed by atoms with van der Waals surface area (Å²) >= 11 is 1.58. The molecule has 1 N–H and O–H groups in total. The van der Waals surface area contributed by atoms with Crippen LogP contribution in [0.15, 0.2) is 52.3 Å². The van der Waals surface area contributed by atoms with Gasteiger partial charge in [-0.05, 0) is 36.2 Å². The Bertz CT molecular complexity index is 584. The van der Waals surface area contributed by atoms with Gasteiger partial charge in [0.1, 0.15) is 6.07 Å². The van der Waals surface area contributed by atoms with Crippen molar-refractivity contribution in [2.24, 2.45) is 0 Å². The number of aryl methyl sites for hydroxylation is 1. The number of aliphatic hydroxyl groups excluding tert-OH is 1. The standard InChI is InChI=1S/C15H13NOS/c1-11-3-2-4-13(9-16)15(11)18-14-7-5-12(10-17)6-8-14/h2-8,17H,10H2,1H3. The lowest BCUT2D eigenvalue weighted by Crippen LogP contribution is -1.86. The van der Waals surface area contributed by atoms with Crippen LogP contribution in [0, 0.1) is 18.3 Å². The molecule has 0 fully saturated rings. The Kier molecular flexibility index (Phi) is 4.03. The Morgan fingerprint density at radius 3 is 2.50 bits per heavy atom. The maximum atomic E-state index is 9.11. The quantitative estimate of drug-likeness (QED) is 0.912. The lowest BCUT2D eigenvalue weighted by molar-refractivity contribution is 0.282. The molecule has 0 unspecified atom stereocenters. The molecule has 0 radical (unpaired) electrons. The normalized spacial score (nSPS) is 10.1. The third-order valence-electron chi connectivity index (χ3n) is 2.66. The second-order valence-corrected chi connectivity index (χ2v) is 5.05. The fourth-order valence-corrected chi connectivity index (χ4v) is 2.62. The van der Waals surface area contributed by atoms with Crippen molar-refractivity contribution in [3.8, 4) is 6.07 Å². The molecule has 0 heterocycles. The summed E-state index contributed by atoms with van der Waals surface area (Å²) in [6, 6.07) is 15.7. The van der Waals surface area contributed by atoms with E-state index >= 15 is 0 Å².